The Morgan fingerprint density at radius 3 is 2.32 bits per heavy atom. The molecule has 0 unspecified atom stereocenters. The zero-order valence-corrected chi connectivity index (χ0v) is 12.9. The lowest BCUT2D eigenvalue weighted by atomic mass is 10.1. The third-order valence-corrected chi connectivity index (χ3v) is 3.51. The summed E-state index contributed by atoms with van der Waals surface area (Å²) in [5, 5.41) is 6.50. The van der Waals surface area contributed by atoms with Gasteiger partial charge in [-0.1, -0.05) is 23.2 Å². The maximum Gasteiger partial charge on any atom is 0.314 e. The van der Waals surface area contributed by atoms with Gasteiger partial charge in [0.05, 0.1) is 0 Å². The molecule has 0 aromatic heterocycles. The molecule has 0 aliphatic rings. The van der Waals surface area contributed by atoms with Crippen molar-refractivity contribution in [1.29, 1.82) is 0 Å². The van der Waals surface area contributed by atoms with E-state index in [1.54, 1.807) is 12.3 Å². The van der Waals surface area contributed by atoms with E-state index in [2.05, 4.69) is 10.6 Å². The highest BCUT2D eigenvalue weighted by molar-refractivity contribution is 7.84. The van der Waals surface area contributed by atoms with Gasteiger partial charge in [0.25, 0.3) is 0 Å². The summed E-state index contributed by atoms with van der Waals surface area (Å²) >= 11 is 11.8. The molecule has 2 N–H and O–H groups in total. The number of hydrogen-bond acceptors (Lipinski definition) is 2. The number of halogens is 2. The highest BCUT2D eigenvalue weighted by atomic mass is 35.5. The summed E-state index contributed by atoms with van der Waals surface area (Å²) in [6.07, 6.45) is 2.25. The molecule has 19 heavy (non-hydrogen) atoms. The Labute approximate surface area is 125 Å². The van der Waals surface area contributed by atoms with Gasteiger partial charge in [0.1, 0.15) is 0 Å². The number of nitrogens with one attached hydrogen (secondary N) is 2. The molecule has 0 radical (unpaired) electrons. The molecule has 0 aliphatic carbocycles. The van der Waals surface area contributed by atoms with Crippen LogP contribution in [0.15, 0.2) is 18.2 Å². The second-order valence-corrected chi connectivity index (χ2v) is 6.42. The molecular formula is C12H16Cl2N2O2S. The molecule has 0 saturated carbocycles. The van der Waals surface area contributed by atoms with Crippen LogP contribution in [0.4, 0.5) is 4.79 Å². The lowest BCUT2D eigenvalue weighted by Crippen LogP contribution is -2.38. The van der Waals surface area contributed by atoms with Crippen LogP contribution in [0.5, 0.6) is 0 Å². The van der Waals surface area contributed by atoms with E-state index in [9.17, 15) is 9.00 Å². The van der Waals surface area contributed by atoms with Gasteiger partial charge in [-0.15, -0.1) is 0 Å². The van der Waals surface area contributed by atoms with Gasteiger partial charge in [0, 0.05) is 45.9 Å². The maximum atomic E-state index is 11.4. The molecular weight excluding hydrogens is 307 g/mol. The van der Waals surface area contributed by atoms with Crippen LogP contribution in [0.3, 0.4) is 0 Å². The summed E-state index contributed by atoms with van der Waals surface area (Å²) in [6, 6.07) is 5.02. The summed E-state index contributed by atoms with van der Waals surface area (Å²) < 4.78 is 10.8. The lowest BCUT2D eigenvalue weighted by Gasteiger charge is -2.07. The zero-order chi connectivity index (χ0) is 14.3. The van der Waals surface area contributed by atoms with E-state index in [-0.39, 0.29) is 6.03 Å². The van der Waals surface area contributed by atoms with E-state index < -0.39 is 10.8 Å². The fourth-order valence-corrected chi connectivity index (χ4v) is 2.41. The monoisotopic (exact) mass is 322 g/mol. The highest BCUT2D eigenvalue weighted by Gasteiger charge is 2.02. The molecule has 0 heterocycles. The Morgan fingerprint density at radius 2 is 1.74 bits per heavy atom. The first-order valence-corrected chi connectivity index (χ1v) is 8.22. The van der Waals surface area contributed by atoms with Gasteiger partial charge in [0.2, 0.25) is 0 Å². The van der Waals surface area contributed by atoms with Crippen molar-refractivity contribution >= 4 is 40.0 Å². The van der Waals surface area contributed by atoms with E-state index in [0.717, 1.165) is 5.56 Å². The minimum absolute atomic E-state index is 0.265. The van der Waals surface area contributed by atoms with Crippen molar-refractivity contribution in [3.8, 4) is 0 Å². The van der Waals surface area contributed by atoms with Crippen LogP contribution in [0, 0.1) is 0 Å². The normalized spacial score (nSPS) is 11.9. The van der Waals surface area contributed by atoms with Gasteiger partial charge in [-0.3, -0.25) is 4.21 Å². The number of rotatable bonds is 6. The fourth-order valence-electron chi connectivity index (χ4n) is 1.45. The summed E-state index contributed by atoms with van der Waals surface area (Å²) in [4.78, 5) is 11.4. The Kier molecular flexibility index (Phi) is 7.20. The van der Waals surface area contributed by atoms with E-state index in [1.807, 2.05) is 12.1 Å². The smallest absolute Gasteiger partial charge is 0.314 e. The van der Waals surface area contributed by atoms with Crippen molar-refractivity contribution in [3.05, 3.63) is 33.8 Å². The average Bonchev–Trinajstić information content (AvgIpc) is 2.27. The summed E-state index contributed by atoms with van der Waals surface area (Å²) in [6.45, 7) is 0.885. The second-order valence-electron chi connectivity index (χ2n) is 3.99. The Morgan fingerprint density at radius 1 is 1.16 bits per heavy atom. The predicted molar refractivity (Wildman–Crippen MR) is 80.5 cm³/mol. The Bertz CT molecular complexity index is 449. The van der Waals surface area contributed by atoms with Crippen LogP contribution in [-0.2, 0) is 17.2 Å². The van der Waals surface area contributed by atoms with Gasteiger partial charge in [-0.05, 0) is 30.2 Å². The van der Waals surface area contributed by atoms with Crippen LogP contribution in [0.2, 0.25) is 10.0 Å². The Balaban J connectivity index is 2.26. The molecule has 0 aliphatic heterocycles. The number of benzene rings is 1. The van der Waals surface area contributed by atoms with Gasteiger partial charge in [-0.25, -0.2) is 4.79 Å². The molecule has 1 atom stereocenters. The van der Waals surface area contributed by atoms with E-state index >= 15 is 0 Å². The van der Waals surface area contributed by atoms with Gasteiger partial charge >= 0.3 is 6.03 Å². The first kappa shape index (κ1) is 16.3. The van der Waals surface area contributed by atoms with E-state index in [0.29, 0.717) is 35.3 Å². The van der Waals surface area contributed by atoms with Crippen LogP contribution in [0.25, 0.3) is 0 Å². The zero-order valence-electron chi connectivity index (χ0n) is 10.5. The largest absolute Gasteiger partial charge is 0.338 e. The minimum Gasteiger partial charge on any atom is -0.338 e. The third kappa shape index (κ3) is 7.40. The minimum atomic E-state index is -0.895. The molecule has 4 nitrogen and oxygen atoms in total. The fraction of sp³-hybridized carbons (Fsp3) is 0.417. The first-order valence-electron chi connectivity index (χ1n) is 5.74. The van der Waals surface area contributed by atoms with Crippen LogP contribution < -0.4 is 10.6 Å². The molecule has 2 amide bonds. The number of urea groups is 1. The number of carbonyl (C=O) groups excluding carboxylic acids is 1. The predicted octanol–water partition coefficient (Wildman–Crippen LogP) is 2.21. The third-order valence-electron chi connectivity index (χ3n) is 2.30. The van der Waals surface area contributed by atoms with Crippen molar-refractivity contribution in [2.45, 2.75) is 6.42 Å². The summed E-state index contributed by atoms with van der Waals surface area (Å²) in [5.74, 6) is 0.456. The van der Waals surface area contributed by atoms with Crippen molar-refractivity contribution < 1.29 is 9.00 Å². The molecule has 0 spiro atoms. The topological polar surface area (TPSA) is 58.2 Å². The van der Waals surface area contributed by atoms with Crippen LogP contribution in [-0.4, -0.2) is 35.3 Å². The molecule has 106 valence electrons. The molecule has 1 aromatic rings. The summed E-state index contributed by atoms with van der Waals surface area (Å²) in [5.41, 5.74) is 0.965. The van der Waals surface area contributed by atoms with Crippen molar-refractivity contribution in [1.82, 2.24) is 10.6 Å². The van der Waals surface area contributed by atoms with E-state index in [4.69, 9.17) is 23.2 Å². The standard InChI is InChI=1S/C12H16Cl2N2O2S/c1-19(18)5-4-16-12(17)15-3-2-9-6-10(13)8-11(14)7-9/h6-8H,2-5H2,1H3,(H2,15,16,17)/t19-/m0/s1. The molecule has 0 fully saturated rings. The first-order chi connectivity index (χ1) is 8.97. The second kappa shape index (κ2) is 8.40. The molecule has 0 bridgehead atoms. The van der Waals surface area contributed by atoms with Gasteiger partial charge in [-0.2, -0.15) is 0 Å². The number of carbonyl (C=O) groups is 1. The highest BCUT2D eigenvalue weighted by Crippen LogP contribution is 2.19. The average molecular weight is 323 g/mol. The maximum absolute atomic E-state index is 11.4. The quantitative estimate of drug-likeness (QED) is 0.843. The van der Waals surface area contributed by atoms with Crippen LogP contribution >= 0.6 is 23.2 Å². The van der Waals surface area contributed by atoms with Crippen molar-refractivity contribution in [2.24, 2.45) is 0 Å². The SMILES string of the molecule is C[S@](=O)CCNC(=O)NCCc1cc(Cl)cc(Cl)c1. The molecule has 7 heteroatoms. The van der Waals surface area contributed by atoms with E-state index in [1.165, 1.54) is 0 Å². The van der Waals surface area contributed by atoms with Crippen molar-refractivity contribution in [3.63, 3.8) is 0 Å². The number of amides is 2. The number of hydrogen-bond donors (Lipinski definition) is 2. The summed E-state index contributed by atoms with van der Waals surface area (Å²) in [7, 11) is -0.895. The van der Waals surface area contributed by atoms with Crippen LogP contribution in [0.1, 0.15) is 5.56 Å². The molecule has 0 saturated heterocycles. The van der Waals surface area contributed by atoms with Gasteiger partial charge < -0.3 is 10.6 Å². The van der Waals surface area contributed by atoms with Gasteiger partial charge in [0.15, 0.2) is 0 Å². The van der Waals surface area contributed by atoms with Crippen molar-refractivity contribution in [2.75, 3.05) is 25.1 Å². The lowest BCUT2D eigenvalue weighted by molar-refractivity contribution is 0.241. The molecule has 1 aromatic carbocycles. The molecule has 1 rings (SSSR count). The Hall–Kier alpha value is -0.780.